The summed E-state index contributed by atoms with van der Waals surface area (Å²) in [6.45, 7) is 12.0. The van der Waals surface area contributed by atoms with Crippen LogP contribution in [-0.4, -0.2) is 7.28 Å². The van der Waals surface area contributed by atoms with Gasteiger partial charge >= 0.3 is 0 Å². The van der Waals surface area contributed by atoms with E-state index in [9.17, 15) is 0 Å². The fourth-order valence-corrected chi connectivity index (χ4v) is 3.19. The first-order valence-electron chi connectivity index (χ1n) is 5.07. The first kappa shape index (κ1) is 9.16. The van der Waals surface area contributed by atoms with Crippen molar-refractivity contribution in [1.29, 1.82) is 0 Å². The van der Waals surface area contributed by atoms with E-state index in [1.807, 2.05) is 0 Å². The monoisotopic (exact) mass is 152 g/mol. The first-order valence-corrected chi connectivity index (χ1v) is 5.07. The van der Waals surface area contributed by atoms with E-state index in [0.717, 1.165) is 17.8 Å². The minimum Gasteiger partial charge on any atom is -0.0888 e. The summed E-state index contributed by atoms with van der Waals surface area (Å²) in [5.74, 6) is 2.89. The highest BCUT2D eigenvalue weighted by atomic mass is 14.5. The van der Waals surface area contributed by atoms with Crippen molar-refractivity contribution in [2.45, 2.75) is 46.3 Å². The lowest BCUT2D eigenvalue weighted by Gasteiger charge is -2.58. The van der Waals surface area contributed by atoms with E-state index >= 15 is 0 Å². The summed E-state index contributed by atoms with van der Waals surface area (Å²) in [4.78, 5) is 0. The second-order valence-electron chi connectivity index (χ2n) is 4.52. The van der Waals surface area contributed by atoms with Crippen LogP contribution in [0.1, 0.15) is 34.1 Å². The lowest BCUT2D eigenvalue weighted by atomic mass is 9.33. The Balaban J connectivity index is 2.66. The van der Waals surface area contributed by atoms with Gasteiger partial charge in [0.15, 0.2) is 0 Å². The number of rotatable bonds is 2. The molecule has 4 atom stereocenters. The maximum atomic E-state index is 2.46. The normalized spacial score (nSPS) is 50.1. The third-order valence-electron chi connectivity index (χ3n) is 4.51. The fraction of sp³-hybridized carbons (Fsp3) is 1.00. The van der Waals surface area contributed by atoms with Crippen LogP contribution in [0.3, 0.4) is 0 Å². The van der Waals surface area contributed by atoms with Crippen LogP contribution in [0.25, 0.3) is 0 Å². The van der Waals surface area contributed by atoms with Gasteiger partial charge in [0.05, 0.1) is 0 Å². The summed E-state index contributed by atoms with van der Waals surface area (Å²) in [5, 5.41) is 0.661. The van der Waals surface area contributed by atoms with Crippen LogP contribution in [0.5, 0.6) is 0 Å². The van der Waals surface area contributed by atoms with E-state index in [1.165, 1.54) is 13.7 Å². The van der Waals surface area contributed by atoms with Crippen LogP contribution >= 0.6 is 0 Å². The van der Waals surface area contributed by atoms with E-state index in [0.29, 0.717) is 5.31 Å². The van der Waals surface area contributed by atoms with E-state index in [4.69, 9.17) is 0 Å². The first-order chi connectivity index (χ1) is 5.07. The molecule has 1 rings (SSSR count). The summed E-state index contributed by atoms with van der Waals surface area (Å²) in [6, 6.07) is 0. The molecule has 0 nitrogen and oxygen atoms in total. The Morgan fingerprint density at radius 1 is 1.36 bits per heavy atom. The standard InChI is InChI=1S/C10H21B/c1-6-9-7(2)8(3)10(9,4)11-5/h7-9,11H,6H2,1-5H3. The average Bonchev–Trinajstić information content (AvgIpc) is 2.04. The highest BCUT2D eigenvalue weighted by molar-refractivity contribution is 6.38. The molecular formula is C10H21B. The van der Waals surface area contributed by atoms with Crippen molar-refractivity contribution >= 4 is 7.28 Å². The van der Waals surface area contributed by atoms with Gasteiger partial charge in [-0.25, -0.2) is 0 Å². The molecule has 4 unspecified atom stereocenters. The highest BCUT2D eigenvalue weighted by Crippen LogP contribution is 2.61. The summed E-state index contributed by atoms with van der Waals surface area (Å²) in [7, 11) is 1.36. The van der Waals surface area contributed by atoms with E-state index in [1.54, 1.807) is 0 Å². The molecule has 1 fully saturated rings. The van der Waals surface area contributed by atoms with Crippen molar-refractivity contribution in [2.75, 3.05) is 0 Å². The van der Waals surface area contributed by atoms with Crippen molar-refractivity contribution in [2.24, 2.45) is 17.8 Å². The summed E-state index contributed by atoms with van der Waals surface area (Å²) >= 11 is 0. The van der Waals surface area contributed by atoms with Crippen molar-refractivity contribution < 1.29 is 0 Å². The second kappa shape index (κ2) is 2.84. The van der Waals surface area contributed by atoms with Gasteiger partial charge in [0.2, 0.25) is 0 Å². The van der Waals surface area contributed by atoms with Crippen molar-refractivity contribution in [3.05, 3.63) is 0 Å². The maximum Gasteiger partial charge on any atom is 0.125 e. The molecule has 0 aromatic carbocycles. The van der Waals surface area contributed by atoms with Crippen molar-refractivity contribution in [1.82, 2.24) is 0 Å². The SMILES string of the molecule is CBC1(C)C(C)C(C)C1CC. The molecule has 0 N–H and O–H groups in total. The van der Waals surface area contributed by atoms with Gasteiger partial charge in [-0.15, -0.1) is 0 Å². The summed E-state index contributed by atoms with van der Waals surface area (Å²) < 4.78 is 0. The van der Waals surface area contributed by atoms with Crippen LogP contribution in [0, 0.1) is 17.8 Å². The van der Waals surface area contributed by atoms with Crippen LogP contribution in [0.15, 0.2) is 0 Å². The van der Waals surface area contributed by atoms with Crippen LogP contribution in [-0.2, 0) is 0 Å². The topological polar surface area (TPSA) is 0 Å². The minimum atomic E-state index is 0.661. The fourth-order valence-electron chi connectivity index (χ4n) is 3.19. The number of hydrogen-bond donors (Lipinski definition) is 0. The van der Waals surface area contributed by atoms with Gasteiger partial charge in [0.1, 0.15) is 7.28 Å². The van der Waals surface area contributed by atoms with E-state index < -0.39 is 0 Å². The molecule has 0 bridgehead atoms. The lowest BCUT2D eigenvalue weighted by molar-refractivity contribution is 0.0282. The van der Waals surface area contributed by atoms with Gasteiger partial charge in [-0.1, -0.05) is 46.3 Å². The molecule has 0 aromatic rings. The number of hydrogen-bond acceptors (Lipinski definition) is 0. The molecule has 0 aromatic heterocycles. The van der Waals surface area contributed by atoms with Gasteiger partial charge in [-0.05, 0) is 17.8 Å². The molecule has 11 heavy (non-hydrogen) atoms. The molecule has 64 valence electrons. The predicted octanol–water partition coefficient (Wildman–Crippen LogP) is 2.96. The quantitative estimate of drug-likeness (QED) is 0.533. The van der Waals surface area contributed by atoms with Crippen molar-refractivity contribution in [3.63, 3.8) is 0 Å². The highest BCUT2D eigenvalue weighted by Gasteiger charge is 2.51. The molecule has 0 spiro atoms. The van der Waals surface area contributed by atoms with Gasteiger partial charge in [0.25, 0.3) is 0 Å². The maximum absolute atomic E-state index is 2.46. The Morgan fingerprint density at radius 3 is 2.18 bits per heavy atom. The van der Waals surface area contributed by atoms with Gasteiger partial charge in [0, 0.05) is 0 Å². The zero-order valence-corrected chi connectivity index (χ0v) is 8.65. The Hall–Kier alpha value is 0.0649. The largest absolute Gasteiger partial charge is 0.125 e. The zero-order chi connectivity index (χ0) is 8.65. The third kappa shape index (κ3) is 1.04. The molecule has 0 saturated heterocycles. The molecule has 1 heteroatoms. The molecule has 0 aliphatic heterocycles. The van der Waals surface area contributed by atoms with Crippen LogP contribution < -0.4 is 0 Å². The molecular weight excluding hydrogens is 131 g/mol. The smallest absolute Gasteiger partial charge is 0.0888 e. The molecule has 1 aliphatic carbocycles. The zero-order valence-electron chi connectivity index (χ0n) is 8.65. The average molecular weight is 152 g/mol. The van der Waals surface area contributed by atoms with Gasteiger partial charge in [-0.2, -0.15) is 0 Å². The van der Waals surface area contributed by atoms with Crippen molar-refractivity contribution in [3.8, 4) is 0 Å². The minimum absolute atomic E-state index is 0.661. The van der Waals surface area contributed by atoms with Crippen LogP contribution in [0.2, 0.25) is 12.1 Å². The summed E-state index contributed by atoms with van der Waals surface area (Å²) in [6.07, 6.45) is 1.37. The van der Waals surface area contributed by atoms with Gasteiger partial charge in [-0.3, -0.25) is 0 Å². The molecule has 0 amide bonds. The molecule has 1 aliphatic rings. The Labute approximate surface area is 72.0 Å². The van der Waals surface area contributed by atoms with Gasteiger partial charge < -0.3 is 0 Å². The molecule has 0 radical (unpaired) electrons. The second-order valence-corrected chi connectivity index (χ2v) is 4.52. The summed E-state index contributed by atoms with van der Waals surface area (Å²) in [5.41, 5.74) is 0. The Morgan fingerprint density at radius 2 is 1.91 bits per heavy atom. The molecule has 1 saturated carbocycles. The van der Waals surface area contributed by atoms with Crippen LogP contribution in [0.4, 0.5) is 0 Å². The third-order valence-corrected chi connectivity index (χ3v) is 4.51. The lowest BCUT2D eigenvalue weighted by Crippen LogP contribution is -2.49. The molecule has 0 heterocycles. The Bertz CT molecular complexity index is 144. The Kier molecular flexibility index (Phi) is 2.36. The van der Waals surface area contributed by atoms with E-state index in [-0.39, 0.29) is 0 Å². The predicted molar refractivity (Wildman–Crippen MR) is 53.5 cm³/mol. The van der Waals surface area contributed by atoms with E-state index in [2.05, 4.69) is 34.5 Å².